The quantitative estimate of drug-likeness (QED) is 0.605. The fourth-order valence-corrected chi connectivity index (χ4v) is 9.14. The lowest BCUT2D eigenvalue weighted by molar-refractivity contribution is -0.215. The number of hydrogen-bond acceptors (Lipinski definition) is 5. The molecule has 1 saturated heterocycles. The van der Waals surface area contributed by atoms with Crippen molar-refractivity contribution >= 4 is 25.2 Å². The average Bonchev–Trinajstić information content (AvgIpc) is 3.44. The lowest BCUT2D eigenvalue weighted by Crippen LogP contribution is -2.69. The second-order valence-corrected chi connectivity index (χ2v) is 12.3. The van der Waals surface area contributed by atoms with Gasteiger partial charge in [-0.2, -0.15) is 13.5 Å². The molecule has 1 aromatic rings. The average molecular weight is 536 g/mol. The number of carbonyl (C=O) groups is 2. The first-order valence-corrected chi connectivity index (χ1v) is 12.8. The van der Waals surface area contributed by atoms with Crippen LogP contribution in [-0.4, -0.2) is 57.9 Å². The molecule has 0 spiro atoms. The highest BCUT2D eigenvalue weighted by Gasteiger charge is 2.78. The van der Waals surface area contributed by atoms with Gasteiger partial charge >= 0.3 is 5.97 Å². The van der Waals surface area contributed by atoms with Crippen LogP contribution < -0.4 is 0 Å². The van der Waals surface area contributed by atoms with E-state index in [0.29, 0.717) is 19.5 Å². The third-order valence-corrected chi connectivity index (χ3v) is 10.8. The zero-order valence-corrected chi connectivity index (χ0v) is 22.3. The molecule has 202 valence electrons. The fraction of sp³-hybridized carbons (Fsp3) is 0.643. The third kappa shape index (κ3) is 3.16. The topological polar surface area (TPSA) is 91.0 Å². The molecule has 2 heterocycles. The molecule has 4 fully saturated rings. The van der Waals surface area contributed by atoms with Crippen molar-refractivity contribution in [3.8, 4) is 0 Å². The van der Waals surface area contributed by atoms with Gasteiger partial charge in [0.1, 0.15) is 17.7 Å². The van der Waals surface area contributed by atoms with E-state index in [-0.39, 0.29) is 50.2 Å². The van der Waals surface area contributed by atoms with E-state index in [9.17, 15) is 19.8 Å². The van der Waals surface area contributed by atoms with Crippen molar-refractivity contribution in [3.63, 3.8) is 0 Å². The third-order valence-electron chi connectivity index (χ3n) is 10.8. The number of halogens is 2. The maximum absolute atomic E-state index is 17.3. The molecule has 1 unspecified atom stereocenters. The maximum Gasteiger partial charge on any atom is 0.311 e. The minimum absolute atomic E-state index is 0. The largest absolute Gasteiger partial charge is 0.481 e. The Bertz CT molecular complexity index is 1210. The van der Waals surface area contributed by atoms with Crippen LogP contribution in [0.15, 0.2) is 40.4 Å². The second-order valence-electron chi connectivity index (χ2n) is 12.3. The first kappa shape index (κ1) is 26.6. The Morgan fingerprint density at radius 2 is 1.97 bits per heavy atom. The van der Waals surface area contributed by atoms with Crippen LogP contribution in [0.2, 0.25) is 0 Å². The number of aliphatic carboxylic acids is 1. The Hall–Kier alpha value is -1.97. The number of carboxylic acids is 1. The Labute approximate surface area is 222 Å². The van der Waals surface area contributed by atoms with E-state index in [0.717, 1.165) is 11.5 Å². The minimum Gasteiger partial charge on any atom is -0.481 e. The standard InChI is InChI=1S/C28H33F2NO5.H2S/c1-15-4-5-18(36-15)13-31-12-16-8-19-20-10-22(29)21-9-17(32)6-7-25(21,2)28(20,30)23(33)11-26(19,3)27(16,14-31)24(34)35;/h4-7,9,16,19-20,22-23,33H,8,10-14H2,1-3H3,(H,34,35);1H2/t16-,19?,20-,22-,23-,25-,26-,27+,28-;/m0./s1. The molecule has 9 heteroatoms. The highest BCUT2D eigenvalue weighted by Crippen LogP contribution is 2.74. The summed E-state index contributed by atoms with van der Waals surface area (Å²) in [6.07, 6.45) is 1.13. The summed E-state index contributed by atoms with van der Waals surface area (Å²) in [5.41, 5.74) is -5.65. The van der Waals surface area contributed by atoms with Crippen molar-refractivity contribution in [3.05, 3.63) is 47.5 Å². The molecule has 9 atom stereocenters. The number of nitrogens with zero attached hydrogens (tertiary/aromatic N) is 1. The summed E-state index contributed by atoms with van der Waals surface area (Å²) in [5.74, 6) is -1.27. The number of aliphatic hydroxyl groups is 1. The minimum atomic E-state index is -2.19. The van der Waals surface area contributed by atoms with Crippen molar-refractivity contribution in [2.24, 2.45) is 34.0 Å². The Balaban J connectivity index is 0.00000280. The highest BCUT2D eigenvalue weighted by atomic mass is 32.1. The first-order valence-electron chi connectivity index (χ1n) is 12.8. The molecule has 4 aliphatic carbocycles. The lowest BCUT2D eigenvalue weighted by Gasteiger charge is -2.63. The zero-order chi connectivity index (χ0) is 25.8. The second kappa shape index (κ2) is 8.26. The van der Waals surface area contributed by atoms with Crippen molar-refractivity contribution in [1.82, 2.24) is 4.90 Å². The van der Waals surface area contributed by atoms with Crippen molar-refractivity contribution in [2.45, 2.75) is 64.5 Å². The zero-order valence-electron chi connectivity index (χ0n) is 21.3. The van der Waals surface area contributed by atoms with Gasteiger partial charge in [0.25, 0.3) is 0 Å². The summed E-state index contributed by atoms with van der Waals surface area (Å²) in [6, 6.07) is 3.77. The van der Waals surface area contributed by atoms with Crippen molar-refractivity contribution < 1.29 is 33.0 Å². The van der Waals surface area contributed by atoms with Gasteiger partial charge in [0, 0.05) is 24.4 Å². The smallest absolute Gasteiger partial charge is 0.311 e. The molecule has 6 rings (SSSR count). The van der Waals surface area contributed by atoms with E-state index >= 15 is 8.78 Å². The van der Waals surface area contributed by atoms with E-state index in [1.54, 1.807) is 6.92 Å². The van der Waals surface area contributed by atoms with Crippen LogP contribution in [-0.2, 0) is 16.1 Å². The van der Waals surface area contributed by atoms with E-state index in [4.69, 9.17) is 4.42 Å². The summed E-state index contributed by atoms with van der Waals surface area (Å²) in [4.78, 5) is 27.1. The highest BCUT2D eigenvalue weighted by molar-refractivity contribution is 7.59. The van der Waals surface area contributed by atoms with Gasteiger partial charge in [0.15, 0.2) is 11.5 Å². The van der Waals surface area contributed by atoms with Crippen LogP contribution >= 0.6 is 13.5 Å². The van der Waals surface area contributed by atoms with Gasteiger partial charge in [0.2, 0.25) is 0 Å². The van der Waals surface area contributed by atoms with Crippen LogP contribution in [0.4, 0.5) is 8.78 Å². The molecule has 0 bridgehead atoms. The molecule has 2 N–H and O–H groups in total. The molecule has 37 heavy (non-hydrogen) atoms. The van der Waals surface area contributed by atoms with Gasteiger partial charge in [-0.15, -0.1) is 0 Å². The summed E-state index contributed by atoms with van der Waals surface area (Å²) in [6.45, 7) is 6.58. The number of furan rings is 1. The number of hydrogen-bond donors (Lipinski definition) is 2. The lowest BCUT2D eigenvalue weighted by atomic mass is 9.43. The Kier molecular flexibility index (Phi) is 5.95. The van der Waals surface area contributed by atoms with E-state index in [1.807, 2.05) is 26.0 Å². The summed E-state index contributed by atoms with van der Waals surface area (Å²) < 4.78 is 38.6. The maximum atomic E-state index is 17.3. The van der Waals surface area contributed by atoms with Gasteiger partial charge in [-0.25, -0.2) is 8.78 Å². The van der Waals surface area contributed by atoms with Gasteiger partial charge in [0.05, 0.1) is 18.1 Å². The monoisotopic (exact) mass is 535 g/mol. The summed E-state index contributed by atoms with van der Waals surface area (Å²) >= 11 is 0. The van der Waals surface area contributed by atoms with E-state index in [1.165, 1.54) is 18.2 Å². The van der Waals surface area contributed by atoms with E-state index in [2.05, 4.69) is 4.90 Å². The number of fused-ring (bicyclic) bond motifs is 7. The van der Waals surface area contributed by atoms with Gasteiger partial charge in [-0.3, -0.25) is 14.5 Å². The number of ketones is 1. The molecule has 0 radical (unpaired) electrons. The predicted octanol–water partition coefficient (Wildman–Crippen LogP) is 4.13. The summed E-state index contributed by atoms with van der Waals surface area (Å²) in [5, 5.41) is 22.2. The first-order chi connectivity index (χ1) is 16.9. The SMILES string of the molecule is Cc1ccc(CN2C[C@@H]3CC4[C@@H]5C[C@H](F)C6=CC(=O)C=C[C@]6(C)[C@@]5(F)[C@@H](O)C[C@]4(C)[C@]3(C(=O)O)C2)o1.S. The fourth-order valence-electron chi connectivity index (χ4n) is 9.14. The molecule has 1 aliphatic heterocycles. The molecule has 0 aromatic carbocycles. The Morgan fingerprint density at radius 3 is 2.62 bits per heavy atom. The predicted molar refractivity (Wildman–Crippen MR) is 137 cm³/mol. The number of alkyl halides is 2. The van der Waals surface area contributed by atoms with Gasteiger partial charge in [-0.1, -0.05) is 13.0 Å². The van der Waals surface area contributed by atoms with Gasteiger partial charge in [-0.05, 0) is 80.2 Å². The van der Waals surface area contributed by atoms with Crippen LogP contribution in [0, 0.1) is 40.9 Å². The number of rotatable bonds is 3. The normalized spacial score (nSPS) is 46.4. The van der Waals surface area contributed by atoms with Crippen LogP contribution in [0.3, 0.4) is 0 Å². The van der Waals surface area contributed by atoms with Crippen LogP contribution in [0.5, 0.6) is 0 Å². The van der Waals surface area contributed by atoms with Gasteiger partial charge < -0.3 is 14.6 Å². The van der Waals surface area contributed by atoms with Crippen LogP contribution in [0.25, 0.3) is 0 Å². The van der Waals surface area contributed by atoms with Crippen LogP contribution in [0.1, 0.15) is 44.6 Å². The Morgan fingerprint density at radius 1 is 1.24 bits per heavy atom. The molecular weight excluding hydrogens is 500 g/mol. The number of aryl methyl sites for hydroxylation is 1. The van der Waals surface area contributed by atoms with Crippen molar-refractivity contribution in [1.29, 1.82) is 0 Å². The number of likely N-dealkylation sites (tertiary alicyclic amines) is 1. The number of carbonyl (C=O) groups excluding carboxylic acids is 1. The number of carboxylic acid groups (broad SMARTS) is 1. The summed E-state index contributed by atoms with van der Waals surface area (Å²) in [7, 11) is 0. The molecule has 3 saturated carbocycles. The van der Waals surface area contributed by atoms with E-state index < -0.39 is 52.0 Å². The molecule has 5 aliphatic rings. The molecule has 6 nitrogen and oxygen atoms in total. The number of allylic oxidation sites excluding steroid dienone is 4. The van der Waals surface area contributed by atoms with Crippen molar-refractivity contribution in [2.75, 3.05) is 13.1 Å². The molecular formula is C28H35F2NO5S. The molecule has 0 amide bonds. The number of aliphatic hydroxyl groups excluding tert-OH is 1. The molecule has 1 aromatic heterocycles.